The molecule has 0 bridgehead atoms. The van der Waals surface area contributed by atoms with Gasteiger partial charge in [0.25, 0.3) is 0 Å². The van der Waals surface area contributed by atoms with Crippen LogP contribution in [-0.2, 0) is 0 Å². The van der Waals surface area contributed by atoms with Gasteiger partial charge in [-0.1, -0.05) is 23.7 Å². The molecule has 0 spiro atoms. The summed E-state index contributed by atoms with van der Waals surface area (Å²) < 4.78 is 0. The Morgan fingerprint density at radius 1 is 1.05 bits per heavy atom. The van der Waals surface area contributed by atoms with E-state index in [2.05, 4.69) is 21.9 Å². The van der Waals surface area contributed by atoms with Crippen molar-refractivity contribution in [1.29, 1.82) is 0 Å². The van der Waals surface area contributed by atoms with Crippen LogP contribution in [0.5, 0.6) is 0 Å². The van der Waals surface area contributed by atoms with E-state index in [0.29, 0.717) is 12.1 Å². The lowest BCUT2D eigenvalue weighted by Gasteiger charge is -2.42. The highest BCUT2D eigenvalue weighted by Crippen LogP contribution is 2.29. The van der Waals surface area contributed by atoms with Crippen LogP contribution in [0.3, 0.4) is 0 Å². The van der Waals surface area contributed by atoms with E-state index in [4.69, 9.17) is 17.3 Å². The maximum Gasteiger partial charge on any atom is 0.0639 e. The molecule has 4 heteroatoms. The quantitative estimate of drug-likeness (QED) is 0.910. The molecule has 2 N–H and O–H groups in total. The average Bonchev–Trinajstić information content (AvgIpc) is 2.48. The minimum absolute atomic E-state index is 0.380. The second-order valence-electron chi connectivity index (χ2n) is 6.07. The van der Waals surface area contributed by atoms with Crippen LogP contribution in [0.2, 0.25) is 5.02 Å². The van der Waals surface area contributed by atoms with Crippen LogP contribution in [0.25, 0.3) is 0 Å². The molecule has 0 aliphatic carbocycles. The summed E-state index contributed by atoms with van der Waals surface area (Å²) in [4.78, 5) is 5.03. The molecule has 0 aromatic heterocycles. The molecule has 1 atom stereocenters. The van der Waals surface area contributed by atoms with Crippen molar-refractivity contribution < 1.29 is 0 Å². The van der Waals surface area contributed by atoms with E-state index < -0.39 is 0 Å². The molecule has 2 heterocycles. The number of nitrogens with zero attached hydrogens (tertiary/aromatic N) is 2. The summed E-state index contributed by atoms with van der Waals surface area (Å²) in [5.41, 5.74) is 7.28. The number of benzene rings is 1. The molecule has 0 unspecified atom stereocenters. The van der Waals surface area contributed by atoms with Gasteiger partial charge in [0, 0.05) is 31.7 Å². The molecule has 2 fully saturated rings. The van der Waals surface area contributed by atoms with Crippen LogP contribution in [0.1, 0.15) is 25.7 Å². The van der Waals surface area contributed by atoms with Crippen LogP contribution in [-0.4, -0.2) is 43.2 Å². The molecular weight excluding hydrogens is 270 g/mol. The van der Waals surface area contributed by atoms with E-state index in [1.165, 1.54) is 37.9 Å². The Balaban J connectivity index is 1.58. The highest BCUT2D eigenvalue weighted by molar-refractivity contribution is 6.33. The number of likely N-dealkylation sites (tertiary alicyclic amines) is 1. The van der Waals surface area contributed by atoms with Crippen molar-refractivity contribution in [3.8, 4) is 0 Å². The third kappa shape index (κ3) is 3.11. The number of para-hydroxylation sites is 1. The zero-order valence-electron chi connectivity index (χ0n) is 12.0. The van der Waals surface area contributed by atoms with E-state index in [1.807, 2.05) is 12.1 Å². The fourth-order valence-electron chi connectivity index (χ4n) is 3.55. The highest BCUT2D eigenvalue weighted by atomic mass is 35.5. The Bertz CT molecular complexity index is 443. The minimum atomic E-state index is 0.380. The van der Waals surface area contributed by atoms with Crippen molar-refractivity contribution in [3.63, 3.8) is 0 Å². The number of halogens is 1. The molecule has 20 heavy (non-hydrogen) atoms. The molecule has 0 saturated carbocycles. The van der Waals surface area contributed by atoms with Gasteiger partial charge in [-0.2, -0.15) is 0 Å². The summed E-state index contributed by atoms with van der Waals surface area (Å²) in [6, 6.07) is 9.25. The molecule has 2 aliphatic heterocycles. The fraction of sp³-hybridized carbons (Fsp3) is 0.625. The molecule has 2 aliphatic rings. The normalized spacial score (nSPS) is 25.9. The molecule has 1 aromatic carbocycles. The molecule has 0 amide bonds. The van der Waals surface area contributed by atoms with Gasteiger partial charge < -0.3 is 10.6 Å². The number of rotatable bonds is 2. The second-order valence-corrected chi connectivity index (χ2v) is 6.47. The summed E-state index contributed by atoms with van der Waals surface area (Å²) in [7, 11) is 0. The highest BCUT2D eigenvalue weighted by Gasteiger charge is 2.28. The predicted molar refractivity (Wildman–Crippen MR) is 85.5 cm³/mol. The topological polar surface area (TPSA) is 32.5 Å². The summed E-state index contributed by atoms with van der Waals surface area (Å²) >= 11 is 6.29. The van der Waals surface area contributed by atoms with Crippen molar-refractivity contribution >= 4 is 17.3 Å². The van der Waals surface area contributed by atoms with Crippen molar-refractivity contribution in [3.05, 3.63) is 29.3 Å². The number of hydrogen-bond donors (Lipinski definition) is 1. The Kier molecular flexibility index (Phi) is 4.49. The Morgan fingerprint density at radius 2 is 1.80 bits per heavy atom. The average molecular weight is 294 g/mol. The maximum atomic E-state index is 6.29. The van der Waals surface area contributed by atoms with Crippen molar-refractivity contribution in [2.45, 2.75) is 37.8 Å². The molecule has 3 rings (SSSR count). The van der Waals surface area contributed by atoms with Crippen LogP contribution < -0.4 is 10.6 Å². The fourth-order valence-corrected chi connectivity index (χ4v) is 3.81. The maximum absolute atomic E-state index is 6.29. The predicted octanol–water partition coefficient (Wildman–Crippen LogP) is 2.73. The van der Waals surface area contributed by atoms with Crippen LogP contribution in [0.15, 0.2) is 24.3 Å². The molecule has 2 saturated heterocycles. The lowest BCUT2D eigenvalue weighted by atomic mass is 9.98. The zero-order valence-corrected chi connectivity index (χ0v) is 12.7. The molecule has 1 aromatic rings. The van der Waals surface area contributed by atoms with Gasteiger partial charge in [-0.15, -0.1) is 0 Å². The summed E-state index contributed by atoms with van der Waals surface area (Å²) in [6.45, 7) is 4.50. The van der Waals surface area contributed by atoms with Crippen LogP contribution in [0, 0.1) is 0 Å². The lowest BCUT2D eigenvalue weighted by molar-refractivity contribution is 0.129. The van der Waals surface area contributed by atoms with Gasteiger partial charge in [0.05, 0.1) is 10.7 Å². The molecule has 3 nitrogen and oxygen atoms in total. The first-order chi connectivity index (χ1) is 9.74. The van der Waals surface area contributed by atoms with Gasteiger partial charge in [0.15, 0.2) is 0 Å². The number of hydrogen-bond acceptors (Lipinski definition) is 3. The summed E-state index contributed by atoms with van der Waals surface area (Å²) in [5.74, 6) is 0. The van der Waals surface area contributed by atoms with Gasteiger partial charge in [-0.25, -0.2) is 0 Å². The molecule has 0 radical (unpaired) electrons. The van der Waals surface area contributed by atoms with Crippen LogP contribution >= 0.6 is 11.6 Å². The third-order valence-electron chi connectivity index (χ3n) is 4.66. The monoisotopic (exact) mass is 293 g/mol. The number of anilines is 1. The Morgan fingerprint density at radius 3 is 2.50 bits per heavy atom. The Labute approximate surface area is 126 Å². The van der Waals surface area contributed by atoms with E-state index >= 15 is 0 Å². The first-order valence-corrected chi connectivity index (χ1v) is 8.11. The van der Waals surface area contributed by atoms with Gasteiger partial charge >= 0.3 is 0 Å². The number of piperidine rings is 2. The van der Waals surface area contributed by atoms with E-state index in [9.17, 15) is 0 Å². The van der Waals surface area contributed by atoms with Gasteiger partial charge in [0.2, 0.25) is 0 Å². The van der Waals surface area contributed by atoms with E-state index in [0.717, 1.165) is 24.7 Å². The molecular formula is C16H24ClN3. The minimum Gasteiger partial charge on any atom is -0.370 e. The van der Waals surface area contributed by atoms with Crippen LogP contribution in [0.4, 0.5) is 5.69 Å². The second kappa shape index (κ2) is 6.33. The van der Waals surface area contributed by atoms with Gasteiger partial charge in [-0.05, 0) is 44.4 Å². The van der Waals surface area contributed by atoms with Crippen molar-refractivity contribution in [2.75, 3.05) is 31.1 Å². The largest absolute Gasteiger partial charge is 0.370 e. The standard InChI is InChI=1S/C16H24ClN3/c17-15-5-1-2-6-16(15)19-10-7-14(8-11-19)20-9-3-4-13(18)12-20/h1-2,5-6,13-14H,3-4,7-12,18H2/t13-/m0/s1. The van der Waals surface area contributed by atoms with Gasteiger partial charge in [-0.3, -0.25) is 4.90 Å². The molecule has 110 valence electrons. The van der Waals surface area contributed by atoms with E-state index in [-0.39, 0.29) is 0 Å². The third-order valence-corrected chi connectivity index (χ3v) is 4.98. The van der Waals surface area contributed by atoms with Crippen molar-refractivity contribution in [1.82, 2.24) is 4.90 Å². The smallest absolute Gasteiger partial charge is 0.0639 e. The van der Waals surface area contributed by atoms with Crippen molar-refractivity contribution in [2.24, 2.45) is 5.73 Å². The first kappa shape index (κ1) is 14.2. The zero-order chi connectivity index (χ0) is 13.9. The lowest BCUT2D eigenvalue weighted by Crippen LogP contribution is -2.51. The summed E-state index contributed by atoms with van der Waals surface area (Å²) in [5, 5.41) is 0.867. The van der Waals surface area contributed by atoms with Gasteiger partial charge in [0.1, 0.15) is 0 Å². The summed E-state index contributed by atoms with van der Waals surface area (Å²) in [6.07, 6.45) is 4.89. The number of nitrogens with two attached hydrogens (primary N) is 1. The van der Waals surface area contributed by atoms with E-state index in [1.54, 1.807) is 0 Å². The Hall–Kier alpha value is -0.770. The SMILES string of the molecule is N[C@H]1CCCN(C2CCN(c3ccccc3Cl)CC2)C1. The first-order valence-electron chi connectivity index (χ1n) is 7.73.